The Morgan fingerprint density at radius 1 is 0.218 bits per heavy atom. The molecular formula is C106H67N12O+. The molecule has 0 bridgehead atoms. The standard InChI is InChI=1S/C106H67N12O/c1-8-32-68(33-9-1)101-107-108-102(116(101)75-44-20-7-21-45-75)72-56-61-86(105-110-109-104(119-105)70-36-12-3-13-37-70)88(66-72)79-64-65-94(80-47-23-22-46-78(79)80)117-103(69-34-10-2-11-35-69)111-118(106(117)71-38-14-4-15-39-71)95-67-89-83-50-26-30-54-92(83)113(74-42-18-6-19-43-74)99(89)100-96(95)87-51-27-31-55-93(87)115(100)77-59-57-76(58-60-77)114-91-53-29-25-49-82(91)85-63-62-84-81-48-24-28-52-90(81)112(97(84)98(85)114)73-40-16-5-17-41-73/h1-67H/q+1. The third-order valence-corrected chi connectivity index (χ3v) is 23.6. The van der Waals surface area contributed by atoms with Crippen LogP contribution in [0.1, 0.15) is 0 Å². The van der Waals surface area contributed by atoms with E-state index in [2.05, 4.69) is 377 Å². The highest BCUT2D eigenvalue weighted by Gasteiger charge is 2.37. The molecule has 0 spiro atoms. The highest BCUT2D eigenvalue weighted by molar-refractivity contribution is 6.27. The van der Waals surface area contributed by atoms with E-state index in [1.54, 1.807) is 0 Å². The molecule has 17 aromatic carbocycles. The van der Waals surface area contributed by atoms with Gasteiger partial charge in [0.2, 0.25) is 11.8 Å². The van der Waals surface area contributed by atoms with E-state index in [1.165, 1.54) is 21.5 Å². The lowest BCUT2D eigenvalue weighted by molar-refractivity contribution is -0.643. The van der Waals surface area contributed by atoms with Crippen LogP contribution in [0.25, 0.3) is 217 Å². The quantitative estimate of drug-likeness (QED) is 0.100. The van der Waals surface area contributed by atoms with Crippen LogP contribution in [0.3, 0.4) is 0 Å². The van der Waals surface area contributed by atoms with Crippen molar-refractivity contribution in [2.24, 2.45) is 0 Å². The Labute approximate surface area is 681 Å². The summed E-state index contributed by atoms with van der Waals surface area (Å²) in [6.45, 7) is 0. The van der Waals surface area contributed by atoms with Gasteiger partial charge in [-0.05, 0) is 173 Å². The molecule has 7 aromatic heterocycles. The van der Waals surface area contributed by atoms with Crippen molar-refractivity contribution in [3.63, 3.8) is 0 Å². The van der Waals surface area contributed by atoms with Crippen molar-refractivity contribution >= 4 is 98.0 Å². The first-order chi connectivity index (χ1) is 59.1. The lowest BCUT2D eigenvalue weighted by atomic mass is 9.92. The van der Waals surface area contributed by atoms with Crippen LogP contribution < -0.4 is 4.68 Å². The largest absolute Gasteiger partial charge is 0.416 e. The van der Waals surface area contributed by atoms with Gasteiger partial charge in [-0.15, -0.1) is 20.4 Å². The van der Waals surface area contributed by atoms with Crippen molar-refractivity contribution < 1.29 is 9.10 Å². The van der Waals surface area contributed by atoms with Crippen LogP contribution in [0.15, 0.2) is 411 Å². The van der Waals surface area contributed by atoms with Crippen molar-refractivity contribution in [1.82, 2.24) is 52.9 Å². The molecule has 0 saturated carbocycles. The molecule has 0 amide bonds. The monoisotopic (exact) mass is 1520 g/mol. The molecular weight excluding hydrogens is 1460 g/mol. The SMILES string of the molecule is c1ccc(-c2nnc(-c3ccc(-c4nnc(-c5ccccc5)n4-c4ccccc4)cc3-c3ccc(-n4c(-c5ccccc5)n[n+](-c5cc6c7ccccc7n(-c7ccccc7)c6c6c5c5ccccc5n6-c5ccc(-n6c7ccccc7c7ccc8c9ccccc9n(-c9ccccc9)c8c76)cc5)c4-c4ccccc4)c4ccccc34)o2)cc1. The van der Waals surface area contributed by atoms with Gasteiger partial charge in [-0.2, -0.15) is 4.57 Å². The fourth-order valence-corrected chi connectivity index (χ4v) is 18.5. The molecule has 13 nitrogen and oxygen atoms in total. The second-order valence-electron chi connectivity index (χ2n) is 30.2. The van der Waals surface area contributed by atoms with E-state index in [-0.39, 0.29) is 0 Å². The predicted molar refractivity (Wildman–Crippen MR) is 481 cm³/mol. The number of hydrogen-bond acceptors (Lipinski definition) is 6. The molecule has 0 N–H and O–H groups in total. The molecule has 0 aliphatic rings. The summed E-state index contributed by atoms with van der Waals surface area (Å²) in [5.41, 5.74) is 22.8. The molecule has 7 heterocycles. The summed E-state index contributed by atoms with van der Waals surface area (Å²) in [6, 6.07) is 145. The van der Waals surface area contributed by atoms with Gasteiger partial charge in [-0.3, -0.25) is 4.57 Å². The van der Waals surface area contributed by atoms with E-state index in [0.29, 0.717) is 17.6 Å². The normalized spacial score (nSPS) is 11.9. The zero-order valence-electron chi connectivity index (χ0n) is 64.0. The molecule has 24 aromatic rings. The first kappa shape index (κ1) is 67.2. The fraction of sp³-hybridized carbons (Fsp3) is 0. The van der Waals surface area contributed by atoms with E-state index >= 15 is 0 Å². The van der Waals surface area contributed by atoms with Gasteiger partial charge in [0.15, 0.2) is 17.3 Å². The first-order valence-corrected chi connectivity index (χ1v) is 40.1. The van der Waals surface area contributed by atoms with Gasteiger partial charge in [0.1, 0.15) is 5.69 Å². The third-order valence-electron chi connectivity index (χ3n) is 23.6. The summed E-state index contributed by atoms with van der Waals surface area (Å²) in [4.78, 5) is 0. The topological polar surface area (TPSA) is 111 Å². The lowest BCUT2D eigenvalue weighted by Gasteiger charge is -2.16. The highest BCUT2D eigenvalue weighted by atomic mass is 16.4. The molecule has 0 fully saturated rings. The molecule has 24 rings (SSSR count). The van der Waals surface area contributed by atoms with Crippen LogP contribution >= 0.6 is 0 Å². The minimum absolute atomic E-state index is 0.375. The van der Waals surface area contributed by atoms with Crippen LogP contribution in [0, 0.1) is 0 Å². The number of benzene rings is 17. The zero-order chi connectivity index (χ0) is 78.2. The lowest BCUT2D eigenvalue weighted by Crippen LogP contribution is -2.36. The molecule has 0 aliphatic carbocycles. The third kappa shape index (κ3) is 10.5. The maximum absolute atomic E-state index is 6.76. The number of nitrogens with zero attached hydrogens (tertiary/aromatic N) is 12. The Kier molecular flexibility index (Phi) is 15.3. The fourth-order valence-electron chi connectivity index (χ4n) is 18.5. The molecule has 13 heteroatoms. The number of hydrogen-bond donors (Lipinski definition) is 0. The smallest absolute Gasteiger partial charge is 0.322 e. The minimum atomic E-state index is 0.375. The van der Waals surface area contributed by atoms with Crippen molar-refractivity contribution in [3.05, 3.63) is 406 Å². The second-order valence-corrected chi connectivity index (χ2v) is 30.2. The number of aromatic nitrogens is 12. The zero-order valence-corrected chi connectivity index (χ0v) is 64.0. The molecule has 119 heavy (non-hydrogen) atoms. The Bertz CT molecular complexity index is 8120. The van der Waals surface area contributed by atoms with Crippen molar-refractivity contribution in [2.75, 3.05) is 0 Å². The van der Waals surface area contributed by atoms with Gasteiger partial charge in [-0.1, -0.05) is 259 Å². The predicted octanol–water partition coefficient (Wildman–Crippen LogP) is 25.3. The maximum Gasteiger partial charge on any atom is 0.322 e. The second kappa shape index (κ2) is 27.2. The summed E-state index contributed by atoms with van der Waals surface area (Å²) in [7, 11) is 0. The van der Waals surface area contributed by atoms with Gasteiger partial charge in [-0.25, -0.2) is 0 Å². The summed E-state index contributed by atoms with van der Waals surface area (Å²) in [6.07, 6.45) is 0. The van der Waals surface area contributed by atoms with E-state index < -0.39 is 0 Å². The summed E-state index contributed by atoms with van der Waals surface area (Å²) >= 11 is 0. The Morgan fingerprint density at radius 2 is 0.605 bits per heavy atom. The highest BCUT2D eigenvalue weighted by Crippen LogP contribution is 2.49. The van der Waals surface area contributed by atoms with Crippen molar-refractivity contribution in [3.8, 4) is 119 Å². The Hall–Kier alpha value is -16.4. The van der Waals surface area contributed by atoms with Crippen LogP contribution in [0.5, 0.6) is 0 Å². The Balaban J connectivity index is 0.762. The molecule has 0 aliphatic heterocycles. The molecule has 0 saturated heterocycles. The molecule has 0 atom stereocenters. The van der Waals surface area contributed by atoms with Gasteiger partial charge >= 0.3 is 5.82 Å². The van der Waals surface area contributed by atoms with Crippen LogP contribution in [-0.4, -0.2) is 52.9 Å². The number of fused-ring (bicyclic) bond motifs is 15. The maximum atomic E-state index is 6.76. The van der Waals surface area contributed by atoms with Crippen LogP contribution in [0.2, 0.25) is 0 Å². The van der Waals surface area contributed by atoms with Gasteiger partial charge in [0.25, 0.3) is 5.82 Å². The average molecular weight is 1520 g/mol. The van der Waals surface area contributed by atoms with E-state index in [0.717, 1.165) is 178 Å². The van der Waals surface area contributed by atoms with Gasteiger partial charge in [0, 0.05) is 99.3 Å². The van der Waals surface area contributed by atoms with Crippen LogP contribution in [-0.2, 0) is 0 Å². The van der Waals surface area contributed by atoms with Crippen LogP contribution in [0.4, 0.5) is 0 Å². The van der Waals surface area contributed by atoms with E-state index in [9.17, 15) is 0 Å². The molecule has 0 radical (unpaired) electrons. The molecule has 0 unspecified atom stereocenters. The number of para-hydroxylation sites is 7. The average Bonchev–Trinajstić information content (AvgIpc) is 1.53. The summed E-state index contributed by atoms with van der Waals surface area (Å²) < 4.78 is 23.4. The minimum Gasteiger partial charge on any atom is -0.416 e. The first-order valence-electron chi connectivity index (χ1n) is 40.1. The van der Waals surface area contributed by atoms with Crippen molar-refractivity contribution in [2.45, 2.75) is 0 Å². The van der Waals surface area contributed by atoms with Gasteiger partial charge in [0.05, 0.1) is 55.1 Å². The molecule has 556 valence electrons. The summed E-state index contributed by atoms with van der Waals surface area (Å²) in [5, 5.41) is 36.6. The Morgan fingerprint density at radius 3 is 1.14 bits per heavy atom. The van der Waals surface area contributed by atoms with Crippen molar-refractivity contribution in [1.29, 1.82) is 0 Å². The van der Waals surface area contributed by atoms with E-state index in [1.807, 2.05) is 66.7 Å². The summed E-state index contributed by atoms with van der Waals surface area (Å²) in [5.74, 6) is 3.77. The van der Waals surface area contributed by atoms with Gasteiger partial charge < -0.3 is 22.7 Å². The van der Waals surface area contributed by atoms with E-state index in [4.69, 9.17) is 24.8 Å². The number of rotatable bonds is 14.